The van der Waals surface area contributed by atoms with Gasteiger partial charge in [0.05, 0.1) is 11.6 Å². The number of carboxylic acids is 1. The Labute approximate surface area is 196 Å². The molecule has 2 aromatic heterocycles. The first-order chi connectivity index (χ1) is 16.5. The molecule has 182 valence electrons. The predicted octanol–water partition coefficient (Wildman–Crippen LogP) is 3.51. The number of aromatic carboxylic acids is 1. The van der Waals surface area contributed by atoms with Gasteiger partial charge in [0.25, 0.3) is 5.91 Å². The summed E-state index contributed by atoms with van der Waals surface area (Å²) in [5.41, 5.74) is -0.0408. The number of fused-ring (bicyclic) bond motifs is 2. The van der Waals surface area contributed by atoms with Gasteiger partial charge in [0, 0.05) is 12.1 Å². The maximum absolute atomic E-state index is 13.1. The summed E-state index contributed by atoms with van der Waals surface area (Å²) < 4.78 is 45.2. The van der Waals surface area contributed by atoms with Gasteiger partial charge < -0.3 is 15.2 Å². The molecule has 3 aromatic rings. The van der Waals surface area contributed by atoms with E-state index in [1.807, 2.05) is 0 Å². The van der Waals surface area contributed by atoms with Crippen LogP contribution in [-0.2, 0) is 17.3 Å². The number of aromatic nitrogens is 3. The van der Waals surface area contributed by atoms with Gasteiger partial charge in [-0.25, -0.2) is 19.1 Å². The molecule has 4 rings (SSSR count). The minimum atomic E-state index is -4.81. The lowest BCUT2D eigenvalue weighted by molar-refractivity contribution is -0.141. The first-order valence-electron chi connectivity index (χ1n) is 10.4. The molecule has 0 saturated heterocycles. The van der Waals surface area contributed by atoms with E-state index in [-0.39, 0.29) is 6.61 Å². The van der Waals surface area contributed by atoms with Gasteiger partial charge >= 0.3 is 18.1 Å². The molecule has 1 atom stereocenters. The molecule has 0 unspecified atom stereocenters. The smallest absolute Gasteiger partial charge is 0.435 e. The minimum Gasteiger partial charge on any atom is -0.477 e. The summed E-state index contributed by atoms with van der Waals surface area (Å²) in [4.78, 5) is 40.4. The average molecular weight is 488 g/mol. The number of ether oxygens (including phenoxy) is 1. The molecule has 12 heteroatoms. The van der Waals surface area contributed by atoms with Crippen molar-refractivity contribution in [3.63, 3.8) is 0 Å². The van der Waals surface area contributed by atoms with Crippen molar-refractivity contribution in [3.8, 4) is 0 Å². The van der Waals surface area contributed by atoms with Crippen molar-refractivity contribution >= 4 is 23.5 Å². The van der Waals surface area contributed by atoms with Crippen LogP contribution in [-0.4, -0.2) is 44.2 Å². The van der Waals surface area contributed by atoms with Crippen molar-refractivity contribution in [3.05, 3.63) is 76.3 Å². The highest BCUT2D eigenvalue weighted by molar-refractivity contribution is 5.96. The van der Waals surface area contributed by atoms with Crippen molar-refractivity contribution in [2.45, 2.75) is 32.0 Å². The van der Waals surface area contributed by atoms with Crippen LogP contribution in [0.1, 0.15) is 66.2 Å². The number of amides is 1. The summed E-state index contributed by atoms with van der Waals surface area (Å²) in [6.45, 7) is 5.33. The fraction of sp³-hybridized carbons (Fsp3) is 0.261. The summed E-state index contributed by atoms with van der Waals surface area (Å²) >= 11 is 0. The molecule has 0 fully saturated rings. The number of carbonyl (C=O) groups excluding carboxylic acids is 2. The number of carboxylic acid groups (broad SMARTS) is 1. The van der Waals surface area contributed by atoms with Crippen LogP contribution >= 0.6 is 0 Å². The van der Waals surface area contributed by atoms with Crippen LogP contribution in [0.25, 0.3) is 5.65 Å². The quantitative estimate of drug-likeness (QED) is 0.402. The van der Waals surface area contributed by atoms with Gasteiger partial charge in [-0.1, -0.05) is 18.7 Å². The van der Waals surface area contributed by atoms with Crippen LogP contribution < -0.4 is 5.32 Å². The summed E-state index contributed by atoms with van der Waals surface area (Å²) in [6.07, 6.45) is -2.34. The Kier molecular flexibility index (Phi) is 6.05. The Morgan fingerprint density at radius 3 is 2.71 bits per heavy atom. The third kappa shape index (κ3) is 4.46. The van der Waals surface area contributed by atoms with Gasteiger partial charge in [0.15, 0.2) is 17.0 Å². The van der Waals surface area contributed by atoms with E-state index < -0.39 is 52.8 Å². The molecule has 0 aliphatic heterocycles. The molecular formula is C23H19F3N4O5. The largest absolute Gasteiger partial charge is 0.477 e. The first-order valence-corrected chi connectivity index (χ1v) is 10.4. The van der Waals surface area contributed by atoms with E-state index in [2.05, 4.69) is 22.0 Å². The van der Waals surface area contributed by atoms with E-state index >= 15 is 0 Å². The summed E-state index contributed by atoms with van der Waals surface area (Å²) in [5, 5.41) is 15.4. The van der Waals surface area contributed by atoms with Crippen molar-refractivity contribution in [2.24, 2.45) is 0 Å². The van der Waals surface area contributed by atoms with Crippen LogP contribution in [0.5, 0.6) is 0 Å². The molecule has 0 bridgehead atoms. The van der Waals surface area contributed by atoms with Crippen LogP contribution in [0.3, 0.4) is 0 Å². The monoisotopic (exact) mass is 488 g/mol. The van der Waals surface area contributed by atoms with Crippen LogP contribution in [0.4, 0.5) is 13.2 Å². The number of hydrogen-bond donors (Lipinski definition) is 2. The summed E-state index contributed by atoms with van der Waals surface area (Å²) in [7, 11) is 0. The fourth-order valence-electron chi connectivity index (χ4n) is 4.08. The standard InChI is InChI=1S/C23H19F3N4O5/c1-3-8-35-22(34)13-4-5-14-12(11(13)2)6-7-15(14)28-20(31)17-9-16(21(32)33)27-19-10-18(23(24,25)26)29-30(17)19/h3-5,9-10,15H,1,6-8H2,2H3,(H,28,31)(H,32,33)/t15-/m0/s1. The molecule has 1 aliphatic carbocycles. The fourth-order valence-corrected chi connectivity index (χ4v) is 4.08. The lowest BCUT2D eigenvalue weighted by Crippen LogP contribution is -2.29. The number of hydrogen-bond acceptors (Lipinski definition) is 6. The molecular weight excluding hydrogens is 469 g/mol. The SMILES string of the molecule is C=CCOC(=O)c1ccc2c(c1C)CC[C@@H]2NC(=O)c1cc(C(=O)O)nc2cc(C(F)(F)F)nn12. The van der Waals surface area contributed by atoms with Gasteiger partial charge in [-0.2, -0.15) is 18.3 Å². The Morgan fingerprint density at radius 1 is 1.31 bits per heavy atom. The van der Waals surface area contributed by atoms with Gasteiger partial charge in [-0.15, -0.1) is 0 Å². The van der Waals surface area contributed by atoms with Crippen molar-refractivity contribution in [1.29, 1.82) is 0 Å². The zero-order valence-corrected chi connectivity index (χ0v) is 18.3. The van der Waals surface area contributed by atoms with E-state index in [0.717, 1.165) is 17.2 Å². The van der Waals surface area contributed by atoms with Crippen molar-refractivity contribution < 1.29 is 37.4 Å². The molecule has 2 heterocycles. The maximum atomic E-state index is 13.1. The second kappa shape index (κ2) is 8.85. The van der Waals surface area contributed by atoms with Crippen molar-refractivity contribution in [2.75, 3.05) is 6.61 Å². The van der Waals surface area contributed by atoms with Crippen LogP contribution in [0, 0.1) is 6.92 Å². The zero-order valence-electron chi connectivity index (χ0n) is 18.3. The predicted molar refractivity (Wildman–Crippen MR) is 115 cm³/mol. The highest BCUT2D eigenvalue weighted by Crippen LogP contribution is 2.35. The first kappa shape index (κ1) is 23.9. The Morgan fingerprint density at radius 2 is 2.06 bits per heavy atom. The second-order valence-corrected chi connectivity index (χ2v) is 7.89. The molecule has 1 amide bonds. The van der Waals surface area contributed by atoms with Gasteiger partial charge in [-0.3, -0.25) is 4.79 Å². The average Bonchev–Trinajstić information content (AvgIpc) is 3.41. The maximum Gasteiger partial charge on any atom is 0.435 e. The number of carbonyl (C=O) groups is 3. The molecule has 9 nitrogen and oxygen atoms in total. The van der Waals surface area contributed by atoms with E-state index in [4.69, 9.17) is 4.74 Å². The van der Waals surface area contributed by atoms with E-state index in [9.17, 15) is 32.7 Å². The Hall–Kier alpha value is -4.22. The van der Waals surface area contributed by atoms with Crippen molar-refractivity contribution in [1.82, 2.24) is 19.9 Å². The van der Waals surface area contributed by atoms with Gasteiger partial charge in [0.1, 0.15) is 12.3 Å². The molecule has 0 spiro atoms. The van der Waals surface area contributed by atoms with Gasteiger partial charge in [-0.05, 0) is 42.5 Å². The zero-order chi connectivity index (χ0) is 25.5. The molecule has 2 N–H and O–H groups in total. The molecule has 0 saturated carbocycles. The highest BCUT2D eigenvalue weighted by Gasteiger charge is 2.35. The topological polar surface area (TPSA) is 123 Å². The second-order valence-electron chi connectivity index (χ2n) is 7.89. The summed E-state index contributed by atoms with van der Waals surface area (Å²) in [6, 6.07) is 4.21. The number of alkyl halides is 3. The summed E-state index contributed by atoms with van der Waals surface area (Å²) in [5.74, 6) is -2.83. The number of rotatable bonds is 6. The normalized spacial score (nSPS) is 15.0. The molecule has 1 aliphatic rings. The van der Waals surface area contributed by atoms with E-state index in [1.165, 1.54) is 6.08 Å². The third-order valence-electron chi connectivity index (χ3n) is 5.72. The van der Waals surface area contributed by atoms with Gasteiger partial charge in [0.2, 0.25) is 0 Å². The lowest BCUT2D eigenvalue weighted by atomic mass is 9.98. The minimum absolute atomic E-state index is 0.0657. The number of benzene rings is 1. The van der Waals surface area contributed by atoms with Crippen LogP contribution in [0.15, 0.2) is 36.9 Å². The van der Waals surface area contributed by atoms with E-state index in [0.29, 0.717) is 34.6 Å². The van der Waals surface area contributed by atoms with Crippen LogP contribution in [0.2, 0.25) is 0 Å². The third-order valence-corrected chi connectivity index (χ3v) is 5.72. The number of nitrogens with zero attached hydrogens (tertiary/aromatic N) is 3. The number of halogens is 3. The lowest BCUT2D eigenvalue weighted by Gasteiger charge is -2.16. The Bertz CT molecular complexity index is 1380. The molecule has 1 aromatic carbocycles. The number of esters is 1. The Balaban J connectivity index is 1.66. The molecule has 0 radical (unpaired) electrons. The number of nitrogens with one attached hydrogen (secondary N) is 1. The molecule has 35 heavy (non-hydrogen) atoms. The highest BCUT2D eigenvalue weighted by atomic mass is 19.4. The van der Waals surface area contributed by atoms with E-state index in [1.54, 1.807) is 19.1 Å².